The quantitative estimate of drug-likeness (QED) is 0.663. The minimum absolute atomic E-state index is 0.380. The van der Waals surface area contributed by atoms with E-state index in [0.717, 1.165) is 5.92 Å². The number of fused-ring (bicyclic) bond motifs is 1. The molecule has 0 saturated heterocycles. The molecule has 0 heterocycles. The lowest BCUT2D eigenvalue weighted by Crippen LogP contribution is -2.13. The Morgan fingerprint density at radius 2 is 1.83 bits per heavy atom. The highest BCUT2D eigenvalue weighted by molar-refractivity contribution is 6.20. The van der Waals surface area contributed by atoms with Crippen LogP contribution in [-0.4, -0.2) is 5.38 Å². The zero-order valence-corrected chi connectivity index (χ0v) is 11.5. The maximum atomic E-state index is 6.34. The van der Waals surface area contributed by atoms with Crippen molar-refractivity contribution < 1.29 is 0 Å². The smallest absolute Gasteiger partial charge is 0.0364 e. The van der Waals surface area contributed by atoms with Gasteiger partial charge in [-0.15, -0.1) is 11.6 Å². The zero-order valence-electron chi connectivity index (χ0n) is 10.8. The van der Waals surface area contributed by atoms with E-state index in [-0.39, 0.29) is 0 Å². The molecule has 1 heteroatoms. The summed E-state index contributed by atoms with van der Waals surface area (Å²) in [6.45, 7) is 2.31. The Kier molecular flexibility index (Phi) is 3.30. The van der Waals surface area contributed by atoms with Gasteiger partial charge in [0.15, 0.2) is 0 Å². The second-order valence-corrected chi connectivity index (χ2v) is 6.12. The highest BCUT2D eigenvalue weighted by Crippen LogP contribution is 2.38. The monoisotopic (exact) mass is 258 g/mol. The molecule has 0 amide bonds. The largest absolute Gasteiger partial charge is 0.123 e. The number of halogens is 1. The fraction of sp³-hybridized carbons (Fsp3) is 0.412. The zero-order chi connectivity index (χ0) is 12.5. The van der Waals surface area contributed by atoms with Gasteiger partial charge in [0.1, 0.15) is 0 Å². The molecular weight excluding hydrogens is 240 g/mol. The molecule has 3 unspecified atom stereocenters. The molecular formula is C17H19Cl. The van der Waals surface area contributed by atoms with E-state index in [9.17, 15) is 0 Å². The molecule has 0 N–H and O–H groups in total. The SMILES string of the molecule is CC1C(Cl)CCC1Cc1cccc2ccccc12. The van der Waals surface area contributed by atoms with Gasteiger partial charge in [0.25, 0.3) is 0 Å². The summed E-state index contributed by atoms with van der Waals surface area (Å²) in [5.74, 6) is 1.39. The minimum Gasteiger partial charge on any atom is -0.123 e. The van der Waals surface area contributed by atoms with E-state index >= 15 is 0 Å². The van der Waals surface area contributed by atoms with E-state index < -0.39 is 0 Å². The van der Waals surface area contributed by atoms with Crippen LogP contribution in [0.2, 0.25) is 0 Å². The van der Waals surface area contributed by atoms with E-state index in [0.29, 0.717) is 11.3 Å². The van der Waals surface area contributed by atoms with Crippen LogP contribution in [0, 0.1) is 11.8 Å². The van der Waals surface area contributed by atoms with Crippen LogP contribution in [0.3, 0.4) is 0 Å². The fourth-order valence-corrected chi connectivity index (χ4v) is 3.57. The van der Waals surface area contributed by atoms with Crippen LogP contribution in [0.1, 0.15) is 25.3 Å². The topological polar surface area (TPSA) is 0 Å². The van der Waals surface area contributed by atoms with Crippen molar-refractivity contribution in [1.82, 2.24) is 0 Å². The van der Waals surface area contributed by atoms with Crippen LogP contribution in [-0.2, 0) is 6.42 Å². The van der Waals surface area contributed by atoms with E-state index in [2.05, 4.69) is 49.4 Å². The molecule has 94 valence electrons. The standard InChI is InChI=1S/C17H19Cl/c1-12-14(9-10-17(12)18)11-15-7-4-6-13-5-2-3-8-16(13)15/h2-8,12,14,17H,9-11H2,1H3. The molecule has 3 rings (SSSR count). The van der Waals surface area contributed by atoms with E-state index in [4.69, 9.17) is 11.6 Å². The minimum atomic E-state index is 0.380. The second-order valence-electron chi connectivity index (χ2n) is 5.55. The highest BCUT2D eigenvalue weighted by Gasteiger charge is 2.31. The van der Waals surface area contributed by atoms with Gasteiger partial charge in [-0.1, -0.05) is 49.4 Å². The summed E-state index contributed by atoms with van der Waals surface area (Å²) in [6.07, 6.45) is 3.63. The van der Waals surface area contributed by atoms with Gasteiger partial charge >= 0.3 is 0 Å². The summed E-state index contributed by atoms with van der Waals surface area (Å²) in [4.78, 5) is 0. The normalized spacial score (nSPS) is 27.8. The van der Waals surface area contributed by atoms with E-state index in [1.54, 1.807) is 0 Å². The molecule has 1 fully saturated rings. The first-order valence-electron chi connectivity index (χ1n) is 6.86. The third-order valence-electron chi connectivity index (χ3n) is 4.49. The lowest BCUT2D eigenvalue weighted by atomic mass is 9.89. The van der Waals surface area contributed by atoms with Crippen molar-refractivity contribution in [3.63, 3.8) is 0 Å². The van der Waals surface area contributed by atoms with Gasteiger partial charge in [-0.2, -0.15) is 0 Å². The molecule has 0 aromatic heterocycles. The molecule has 0 aliphatic heterocycles. The van der Waals surface area contributed by atoms with Gasteiger partial charge in [-0.05, 0) is 47.4 Å². The van der Waals surface area contributed by atoms with Crippen molar-refractivity contribution in [2.45, 2.75) is 31.6 Å². The summed E-state index contributed by atoms with van der Waals surface area (Å²) in [6, 6.07) is 15.3. The molecule has 3 atom stereocenters. The molecule has 0 bridgehead atoms. The number of hydrogen-bond donors (Lipinski definition) is 0. The number of rotatable bonds is 2. The third-order valence-corrected chi connectivity index (χ3v) is 5.11. The molecule has 18 heavy (non-hydrogen) atoms. The average molecular weight is 259 g/mol. The maximum Gasteiger partial charge on any atom is 0.0364 e. The number of hydrogen-bond acceptors (Lipinski definition) is 0. The van der Waals surface area contributed by atoms with Crippen molar-refractivity contribution in [2.75, 3.05) is 0 Å². The van der Waals surface area contributed by atoms with Crippen molar-refractivity contribution in [2.24, 2.45) is 11.8 Å². The molecule has 1 aliphatic rings. The summed E-state index contributed by atoms with van der Waals surface area (Å²) >= 11 is 6.34. The van der Waals surface area contributed by atoms with Gasteiger partial charge < -0.3 is 0 Å². The van der Waals surface area contributed by atoms with Crippen LogP contribution in [0.25, 0.3) is 10.8 Å². The van der Waals surface area contributed by atoms with Crippen molar-refractivity contribution in [1.29, 1.82) is 0 Å². The number of benzene rings is 2. The van der Waals surface area contributed by atoms with Crippen molar-refractivity contribution in [3.8, 4) is 0 Å². The molecule has 1 saturated carbocycles. The van der Waals surface area contributed by atoms with Crippen LogP contribution in [0.4, 0.5) is 0 Å². The molecule has 1 aliphatic carbocycles. The van der Waals surface area contributed by atoms with Crippen molar-refractivity contribution in [3.05, 3.63) is 48.0 Å². The van der Waals surface area contributed by atoms with Crippen LogP contribution in [0.5, 0.6) is 0 Å². The summed E-state index contributed by atoms with van der Waals surface area (Å²) < 4.78 is 0. The van der Waals surface area contributed by atoms with Gasteiger partial charge in [-0.25, -0.2) is 0 Å². The fourth-order valence-electron chi connectivity index (χ4n) is 3.24. The predicted octanol–water partition coefficient (Wildman–Crippen LogP) is 5.04. The van der Waals surface area contributed by atoms with Crippen molar-refractivity contribution >= 4 is 22.4 Å². The van der Waals surface area contributed by atoms with Gasteiger partial charge in [0.05, 0.1) is 0 Å². The van der Waals surface area contributed by atoms with Crippen LogP contribution >= 0.6 is 11.6 Å². The van der Waals surface area contributed by atoms with E-state index in [1.807, 2.05) is 0 Å². The first kappa shape index (κ1) is 12.0. The van der Waals surface area contributed by atoms with Crippen LogP contribution in [0.15, 0.2) is 42.5 Å². The third kappa shape index (κ3) is 2.14. The maximum absolute atomic E-state index is 6.34. The Bertz CT molecular complexity index is 541. The highest BCUT2D eigenvalue weighted by atomic mass is 35.5. The summed E-state index contributed by atoms with van der Waals surface area (Å²) in [7, 11) is 0. The molecule has 0 nitrogen and oxygen atoms in total. The Balaban J connectivity index is 1.91. The Labute approximate surface area is 114 Å². The lowest BCUT2D eigenvalue weighted by molar-refractivity contribution is 0.421. The lowest BCUT2D eigenvalue weighted by Gasteiger charge is -2.18. The van der Waals surface area contributed by atoms with Gasteiger partial charge in [-0.3, -0.25) is 0 Å². The summed E-state index contributed by atoms with van der Waals surface area (Å²) in [5.41, 5.74) is 1.48. The van der Waals surface area contributed by atoms with Gasteiger partial charge in [0.2, 0.25) is 0 Å². The first-order valence-corrected chi connectivity index (χ1v) is 7.30. The van der Waals surface area contributed by atoms with E-state index in [1.165, 1.54) is 35.6 Å². The number of alkyl halides is 1. The second kappa shape index (κ2) is 4.93. The predicted molar refractivity (Wildman–Crippen MR) is 79.2 cm³/mol. The average Bonchev–Trinajstić information content (AvgIpc) is 2.71. The molecule has 0 spiro atoms. The first-order chi connectivity index (χ1) is 8.75. The Morgan fingerprint density at radius 1 is 1.06 bits per heavy atom. The van der Waals surface area contributed by atoms with Crippen LogP contribution < -0.4 is 0 Å². The Morgan fingerprint density at radius 3 is 2.61 bits per heavy atom. The van der Waals surface area contributed by atoms with Gasteiger partial charge in [0, 0.05) is 5.38 Å². The molecule has 2 aromatic rings. The molecule has 0 radical (unpaired) electrons. The Hall–Kier alpha value is -1.01. The molecule has 2 aromatic carbocycles. The summed E-state index contributed by atoms with van der Waals surface area (Å²) in [5, 5.41) is 3.14.